The molecule has 10 heavy (non-hydrogen) atoms. The molecule has 1 aliphatic carbocycles. The molecule has 0 heterocycles. The van der Waals surface area contributed by atoms with Gasteiger partial charge in [-0.2, -0.15) is 0 Å². The summed E-state index contributed by atoms with van der Waals surface area (Å²) in [5.41, 5.74) is 0.856. The first kappa shape index (κ1) is 6.74. The van der Waals surface area contributed by atoms with Crippen molar-refractivity contribution in [3.05, 3.63) is 23.8 Å². The van der Waals surface area contributed by atoms with Crippen LogP contribution in [0.25, 0.3) is 0 Å². The molecule has 0 unspecified atom stereocenters. The van der Waals surface area contributed by atoms with Crippen LogP contribution in [0.4, 0.5) is 0 Å². The monoisotopic (exact) mass is 136 g/mol. The molecule has 0 aromatic carbocycles. The average molecular weight is 136 g/mol. The quantitative estimate of drug-likeness (QED) is 0.360. The summed E-state index contributed by atoms with van der Waals surface area (Å²) >= 11 is 0. The van der Waals surface area contributed by atoms with Gasteiger partial charge in [-0.05, 0) is 29.8 Å². The predicted molar refractivity (Wildman–Crippen MR) is 36.0 cm³/mol. The third kappa shape index (κ3) is 1.13. The van der Waals surface area contributed by atoms with Crippen LogP contribution in [0.1, 0.15) is 6.92 Å². The summed E-state index contributed by atoms with van der Waals surface area (Å²) in [6.07, 6.45) is 4.46. The number of hydrogen-bond acceptors (Lipinski definition) is 2. The maximum atomic E-state index is 10.7. The predicted octanol–water partition coefficient (Wildman–Crippen LogP) is 0.858. The highest BCUT2D eigenvalue weighted by Gasteiger charge is 2.09. The van der Waals surface area contributed by atoms with Gasteiger partial charge < -0.3 is 0 Å². The van der Waals surface area contributed by atoms with Crippen molar-refractivity contribution in [2.24, 2.45) is 5.16 Å². The molecule has 1 aliphatic rings. The zero-order chi connectivity index (χ0) is 7.56. The molecule has 0 aromatic heterocycles. The van der Waals surface area contributed by atoms with E-state index in [0.29, 0.717) is 0 Å². The number of carbonyl (C=O) groups excluding carboxylic acids is 1. The van der Waals surface area contributed by atoms with Gasteiger partial charge in [0, 0.05) is 0 Å². The van der Waals surface area contributed by atoms with Crippen molar-refractivity contribution in [3.63, 3.8) is 0 Å². The molecule has 0 spiro atoms. The zero-order valence-electron chi connectivity index (χ0n) is 5.50. The van der Waals surface area contributed by atoms with Gasteiger partial charge in [-0.3, -0.25) is 4.79 Å². The van der Waals surface area contributed by atoms with Gasteiger partial charge in [0.15, 0.2) is 5.71 Å². The molecule has 3 nitrogen and oxygen atoms in total. The Hall–Kier alpha value is -1.38. The molecule has 1 rings (SSSR count). The molecule has 0 aromatic rings. The molecule has 0 aliphatic heterocycles. The highest BCUT2D eigenvalue weighted by molar-refractivity contribution is 6.48. The third-order valence-electron chi connectivity index (χ3n) is 1.21. The van der Waals surface area contributed by atoms with Crippen LogP contribution < -0.4 is 0 Å². The van der Waals surface area contributed by atoms with Crippen molar-refractivity contribution >= 4 is 11.5 Å². The van der Waals surface area contributed by atoms with Crippen LogP contribution in [0.3, 0.4) is 0 Å². The fourth-order valence-electron chi connectivity index (χ4n) is 0.699. The van der Waals surface area contributed by atoms with E-state index in [1.165, 1.54) is 12.2 Å². The van der Waals surface area contributed by atoms with Gasteiger partial charge in [-0.15, -0.1) is 5.21 Å². The van der Waals surface area contributed by atoms with Crippen molar-refractivity contribution in [2.45, 2.75) is 6.92 Å². The van der Waals surface area contributed by atoms with Gasteiger partial charge in [0.1, 0.15) is 0 Å². The van der Waals surface area contributed by atoms with Crippen molar-refractivity contribution in [3.8, 4) is 0 Å². The number of ketones is 1. The summed E-state index contributed by atoms with van der Waals surface area (Å²) < 4.78 is 0. The Kier molecular flexibility index (Phi) is 1.67. The lowest BCUT2D eigenvalue weighted by Crippen LogP contribution is -2.11. The van der Waals surface area contributed by atoms with E-state index in [9.17, 15) is 10.0 Å². The molecule has 0 N–H and O–H groups in total. The fourth-order valence-corrected chi connectivity index (χ4v) is 0.699. The first-order chi connectivity index (χ1) is 4.74. The van der Waals surface area contributed by atoms with E-state index >= 15 is 0 Å². The van der Waals surface area contributed by atoms with Crippen LogP contribution in [0.15, 0.2) is 29.0 Å². The van der Waals surface area contributed by atoms with Crippen molar-refractivity contribution in [1.29, 1.82) is 0 Å². The minimum absolute atomic E-state index is 0.0139. The van der Waals surface area contributed by atoms with Gasteiger partial charge in [0.2, 0.25) is 5.78 Å². The third-order valence-corrected chi connectivity index (χ3v) is 1.21. The van der Waals surface area contributed by atoms with Gasteiger partial charge in [0.05, 0.1) is 0 Å². The lowest BCUT2D eigenvalue weighted by atomic mass is 10.1. The van der Waals surface area contributed by atoms with Gasteiger partial charge in [-0.25, -0.2) is 0 Å². The highest BCUT2D eigenvalue weighted by atomic mass is 16.4. The Morgan fingerprint density at radius 3 is 2.60 bits per heavy atom. The summed E-state index contributed by atoms with van der Waals surface area (Å²) in [4.78, 5) is 10.7. The molecule has 0 amide bonds. The summed E-state index contributed by atoms with van der Waals surface area (Å²) in [5, 5.41) is 12.5. The summed E-state index contributed by atoms with van der Waals surface area (Å²) in [7, 11) is 0. The van der Waals surface area contributed by atoms with Crippen molar-refractivity contribution < 1.29 is 10.0 Å². The Morgan fingerprint density at radius 2 is 2.10 bits per heavy atom. The van der Waals surface area contributed by atoms with E-state index in [2.05, 4.69) is 5.16 Å². The minimum atomic E-state index is -0.319. The van der Waals surface area contributed by atoms with E-state index in [0.717, 1.165) is 5.57 Å². The molecule has 0 bridgehead atoms. The molecule has 0 saturated carbocycles. The second kappa shape index (κ2) is 2.47. The fraction of sp³-hybridized carbons (Fsp3) is 0.143. The number of nitrogens with zero attached hydrogens (tertiary/aromatic N) is 1. The Bertz CT molecular complexity index is 248. The van der Waals surface area contributed by atoms with Gasteiger partial charge in [0.25, 0.3) is 0 Å². The van der Waals surface area contributed by atoms with Crippen molar-refractivity contribution in [2.75, 3.05) is 0 Å². The zero-order valence-corrected chi connectivity index (χ0v) is 5.50. The van der Waals surface area contributed by atoms with Gasteiger partial charge >= 0.3 is 0 Å². The van der Waals surface area contributed by atoms with Crippen LogP contribution in [-0.4, -0.2) is 11.5 Å². The van der Waals surface area contributed by atoms with E-state index in [1.807, 2.05) is 0 Å². The molecule has 1 radical (unpaired) electrons. The van der Waals surface area contributed by atoms with E-state index in [4.69, 9.17) is 0 Å². The van der Waals surface area contributed by atoms with Crippen molar-refractivity contribution in [1.82, 2.24) is 0 Å². The first-order valence-corrected chi connectivity index (χ1v) is 2.85. The molecule has 51 valence electrons. The smallest absolute Gasteiger partial charge is 0.207 e. The molecule has 3 heteroatoms. The van der Waals surface area contributed by atoms with Crippen LogP contribution in [0.2, 0.25) is 0 Å². The number of hydrogen-bond donors (Lipinski definition) is 0. The number of carbonyl (C=O) groups is 1. The van der Waals surface area contributed by atoms with E-state index in [-0.39, 0.29) is 11.5 Å². The Balaban J connectivity index is 2.99. The highest BCUT2D eigenvalue weighted by Crippen LogP contribution is 2.03. The molecular weight excluding hydrogens is 130 g/mol. The topological polar surface area (TPSA) is 49.3 Å². The van der Waals surface area contributed by atoms with Crippen LogP contribution >= 0.6 is 0 Å². The van der Waals surface area contributed by atoms with Crippen LogP contribution in [-0.2, 0) is 10.0 Å². The van der Waals surface area contributed by atoms with Gasteiger partial charge in [-0.1, -0.05) is 6.08 Å². The first-order valence-electron chi connectivity index (χ1n) is 2.85. The Morgan fingerprint density at radius 1 is 1.40 bits per heavy atom. The molecular formula is C7H6NO2. The maximum Gasteiger partial charge on any atom is 0.207 e. The van der Waals surface area contributed by atoms with E-state index < -0.39 is 0 Å². The summed E-state index contributed by atoms with van der Waals surface area (Å²) in [6, 6.07) is 0. The molecule has 0 saturated heterocycles. The SMILES string of the molecule is CC1=CC(=N[O])C(=O)C=C1. The number of rotatable bonds is 0. The standard InChI is InChI=1S/C7H6NO2/c1-5-2-3-7(9)6(4-5)8-10/h2-4H,1H3. The maximum absolute atomic E-state index is 10.7. The minimum Gasteiger partial charge on any atom is -0.287 e. The van der Waals surface area contributed by atoms with Crippen LogP contribution in [0.5, 0.6) is 0 Å². The lowest BCUT2D eigenvalue weighted by Gasteiger charge is -1.98. The summed E-state index contributed by atoms with van der Waals surface area (Å²) in [5.74, 6) is -0.319. The second-order valence-electron chi connectivity index (χ2n) is 2.06. The Labute approximate surface area is 58.3 Å². The second-order valence-corrected chi connectivity index (χ2v) is 2.06. The molecule has 0 atom stereocenters. The van der Waals surface area contributed by atoms with E-state index in [1.54, 1.807) is 13.0 Å². The van der Waals surface area contributed by atoms with Crippen LogP contribution in [0, 0.1) is 0 Å². The summed E-state index contributed by atoms with van der Waals surface area (Å²) in [6.45, 7) is 1.80. The number of allylic oxidation sites excluding steroid dienone is 4. The normalized spacial score (nSPS) is 21.5. The largest absolute Gasteiger partial charge is 0.287 e. The molecule has 0 fully saturated rings. The lowest BCUT2D eigenvalue weighted by molar-refractivity contribution is -0.109. The average Bonchev–Trinajstić information content (AvgIpc) is 1.94.